The Hall–Kier alpha value is -0.870. The van der Waals surface area contributed by atoms with Crippen LogP contribution in [0.5, 0.6) is 0 Å². The summed E-state index contributed by atoms with van der Waals surface area (Å²) in [6.45, 7) is 6.86. The van der Waals surface area contributed by atoms with Gasteiger partial charge in [0.25, 0.3) is 5.91 Å². The van der Waals surface area contributed by atoms with Crippen LogP contribution in [0.25, 0.3) is 0 Å². The van der Waals surface area contributed by atoms with Crippen LogP contribution >= 0.6 is 15.9 Å². The predicted molar refractivity (Wildman–Crippen MR) is 97.1 cm³/mol. The first kappa shape index (κ1) is 18.5. The Morgan fingerprint density at radius 1 is 1.39 bits per heavy atom. The Bertz CT molecular complexity index is 546. The molecule has 0 unspecified atom stereocenters. The van der Waals surface area contributed by atoms with Crippen LogP contribution in [0.4, 0.5) is 0 Å². The molecule has 128 valence electrons. The third kappa shape index (κ3) is 4.36. The zero-order valence-electron chi connectivity index (χ0n) is 14.3. The van der Waals surface area contributed by atoms with Crippen molar-refractivity contribution >= 4 is 21.8 Å². The highest BCUT2D eigenvalue weighted by Gasteiger charge is 2.48. The van der Waals surface area contributed by atoms with Gasteiger partial charge in [-0.25, -0.2) is 0 Å². The van der Waals surface area contributed by atoms with Crippen LogP contribution in [0, 0.1) is 17.8 Å². The smallest absolute Gasteiger partial charge is 0.252 e. The summed E-state index contributed by atoms with van der Waals surface area (Å²) in [7, 11) is 0. The van der Waals surface area contributed by atoms with Crippen molar-refractivity contribution in [3.63, 3.8) is 0 Å². The zero-order chi connectivity index (χ0) is 17.0. The van der Waals surface area contributed by atoms with E-state index in [4.69, 9.17) is 0 Å². The number of carbonyl (C=O) groups is 1. The fourth-order valence-corrected chi connectivity index (χ4v) is 4.28. The molecule has 4 heteroatoms. The Morgan fingerprint density at radius 2 is 2.09 bits per heavy atom. The molecule has 0 heterocycles. The topological polar surface area (TPSA) is 49.3 Å². The lowest BCUT2D eigenvalue weighted by atomic mass is 9.66. The quantitative estimate of drug-likeness (QED) is 0.811. The molecule has 1 saturated carbocycles. The molecular weight excluding hydrogens is 354 g/mol. The summed E-state index contributed by atoms with van der Waals surface area (Å²) in [5.74, 6) is 0.544. The molecule has 0 aromatic heterocycles. The largest absolute Gasteiger partial charge is 0.380 e. The molecule has 0 saturated heterocycles. The van der Waals surface area contributed by atoms with Crippen molar-refractivity contribution in [2.45, 2.75) is 52.1 Å². The number of rotatable bonds is 5. The second kappa shape index (κ2) is 7.80. The van der Waals surface area contributed by atoms with Gasteiger partial charge in [-0.1, -0.05) is 61.3 Å². The number of hydrogen-bond donors (Lipinski definition) is 2. The fourth-order valence-electron chi connectivity index (χ4n) is 3.80. The minimum atomic E-state index is -1.22. The van der Waals surface area contributed by atoms with Gasteiger partial charge in [-0.3, -0.25) is 4.79 Å². The Balaban J connectivity index is 1.98. The molecule has 1 aromatic rings. The highest BCUT2D eigenvalue weighted by molar-refractivity contribution is 9.10. The van der Waals surface area contributed by atoms with Crippen LogP contribution in [-0.4, -0.2) is 23.2 Å². The first-order valence-corrected chi connectivity index (χ1v) is 9.38. The monoisotopic (exact) mass is 381 g/mol. The average Bonchev–Trinajstić information content (AvgIpc) is 2.48. The maximum absolute atomic E-state index is 12.7. The molecule has 1 aromatic carbocycles. The van der Waals surface area contributed by atoms with Gasteiger partial charge in [0.2, 0.25) is 0 Å². The Morgan fingerprint density at radius 3 is 2.74 bits per heavy atom. The van der Waals surface area contributed by atoms with Gasteiger partial charge in [-0.05, 0) is 48.6 Å². The average molecular weight is 382 g/mol. The van der Waals surface area contributed by atoms with Crippen LogP contribution in [-0.2, 0) is 11.2 Å². The summed E-state index contributed by atoms with van der Waals surface area (Å²) < 4.78 is 1.05. The Kier molecular flexibility index (Phi) is 6.26. The summed E-state index contributed by atoms with van der Waals surface area (Å²) in [6.07, 6.45) is 3.34. The Labute approximate surface area is 148 Å². The van der Waals surface area contributed by atoms with E-state index in [1.807, 2.05) is 24.3 Å². The molecule has 1 aliphatic rings. The molecule has 3 atom stereocenters. The molecule has 1 fully saturated rings. The van der Waals surface area contributed by atoms with Gasteiger partial charge < -0.3 is 10.4 Å². The second-order valence-electron chi connectivity index (χ2n) is 7.26. The van der Waals surface area contributed by atoms with Crippen molar-refractivity contribution in [2.24, 2.45) is 17.8 Å². The minimum Gasteiger partial charge on any atom is -0.380 e. The molecule has 23 heavy (non-hydrogen) atoms. The van der Waals surface area contributed by atoms with Gasteiger partial charge in [0.05, 0.1) is 0 Å². The SMILES string of the molecule is CC(C)[C@@H]1CC[C@@H](C)C[C@@]1(O)C(=O)NCCc1ccccc1Br. The number of benzene rings is 1. The summed E-state index contributed by atoms with van der Waals surface area (Å²) >= 11 is 3.53. The van der Waals surface area contributed by atoms with Crippen LogP contribution in [0.2, 0.25) is 0 Å². The summed E-state index contributed by atoms with van der Waals surface area (Å²) in [6, 6.07) is 8.02. The number of aliphatic hydroxyl groups is 1. The maximum Gasteiger partial charge on any atom is 0.252 e. The van der Waals surface area contributed by atoms with Crippen molar-refractivity contribution in [2.75, 3.05) is 6.54 Å². The van der Waals surface area contributed by atoms with Gasteiger partial charge in [0.1, 0.15) is 5.60 Å². The van der Waals surface area contributed by atoms with E-state index >= 15 is 0 Å². The van der Waals surface area contributed by atoms with Gasteiger partial charge in [-0.15, -0.1) is 0 Å². The van der Waals surface area contributed by atoms with Crippen molar-refractivity contribution in [3.05, 3.63) is 34.3 Å². The molecule has 1 amide bonds. The molecule has 3 nitrogen and oxygen atoms in total. The number of carbonyl (C=O) groups excluding carboxylic acids is 1. The van der Waals surface area contributed by atoms with E-state index in [0.29, 0.717) is 24.8 Å². The molecule has 2 N–H and O–H groups in total. The standard InChI is InChI=1S/C19H28BrNO2/c1-13(2)16-9-8-14(3)12-19(16,23)18(22)21-11-10-15-6-4-5-7-17(15)20/h4-7,13-14,16,23H,8-12H2,1-3H3,(H,21,22)/t14-,16+,19+/m1/s1. The summed E-state index contributed by atoms with van der Waals surface area (Å²) in [4.78, 5) is 12.7. The van der Waals surface area contributed by atoms with Gasteiger partial charge in [-0.2, -0.15) is 0 Å². The minimum absolute atomic E-state index is 0.0437. The van der Waals surface area contributed by atoms with Gasteiger partial charge in [0, 0.05) is 11.0 Å². The normalized spacial score (nSPS) is 27.9. The van der Waals surface area contributed by atoms with Crippen LogP contribution in [0.1, 0.15) is 45.6 Å². The van der Waals surface area contributed by atoms with Crippen molar-refractivity contribution in [1.29, 1.82) is 0 Å². The van der Waals surface area contributed by atoms with E-state index in [1.54, 1.807) is 0 Å². The maximum atomic E-state index is 12.7. The van der Waals surface area contributed by atoms with Gasteiger partial charge >= 0.3 is 0 Å². The van der Waals surface area contributed by atoms with E-state index in [-0.39, 0.29) is 11.8 Å². The highest BCUT2D eigenvalue weighted by Crippen LogP contribution is 2.41. The second-order valence-corrected chi connectivity index (χ2v) is 8.11. The molecular formula is C19H28BrNO2. The van der Waals surface area contributed by atoms with E-state index < -0.39 is 5.60 Å². The highest BCUT2D eigenvalue weighted by atomic mass is 79.9. The van der Waals surface area contributed by atoms with Gasteiger partial charge in [0.15, 0.2) is 0 Å². The lowest BCUT2D eigenvalue weighted by Gasteiger charge is -2.43. The van der Waals surface area contributed by atoms with E-state index in [1.165, 1.54) is 0 Å². The predicted octanol–water partition coefficient (Wildman–Crippen LogP) is 3.93. The lowest BCUT2D eigenvalue weighted by molar-refractivity contribution is -0.155. The molecule has 0 bridgehead atoms. The van der Waals surface area contributed by atoms with Crippen LogP contribution < -0.4 is 5.32 Å². The number of amides is 1. The van der Waals surface area contributed by atoms with E-state index in [2.05, 4.69) is 42.0 Å². The molecule has 0 spiro atoms. The first-order valence-electron chi connectivity index (χ1n) is 8.58. The molecule has 0 aliphatic heterocycles. The van der Waals surface area contributed by atoms with E-state index in [9.17, 15) is 9.90 Å². The zero-order valence-corrected chi connectivity index (χ0v) is 15.9. The molecule has 1 aliphatic carbocycles. The fraction of sp³-hybridized carbons (Fsp3) is 0.632. The third-order valence-corrected chi connectivity index (χ3v) is 5.85. The summed E-state index contributed by atoms with van der Waals surface area (Å²) in [5, 5.41) is 14.0. The number of halogens is 1. The lowest BCUT2D eigenvalue weighted by Crippen LogP contribution is -2.56. The van der Waals surface area contributed by atoms with Crippen molar-refractivity contribution < 1.29 is 9.90 Å². The summed E-state index contributed by atoms with van der Waals surface area (Å²) in [5.41, 5.74) is -0.0584. The van der Waals surface area contributed by atoms with Crippen LogP contribution in [0.3, 0.4) is 0 Å². The number of nitrogens with one attached hydrogen (secondary N) is 1. The first-order chi connectivity index (χ1) is 10.8. The van der Waals surface area contributed by atoms with E-state index in [0.717, 1.165) is 29.3 Å². The third-order valence-electron chi connectivity index (χ3n) is 5.08. The van der Waals surface area contributed by atoms with Crippen molar-refractivity contribution in [3.8, 4) is 0 Å². The number of hydrogen-bond acceptors (Lipinski definition) is 2. The molecule has 0 radical (unpaired) electrons. The van der Waals surface area contributed by atoms with Crippen LogP contribution in [0.15, 0.2) is 28.7 Å². The molecule has 2 rings (SSSR count). The van der Waals surface area contributed by atoms with Crippen molar-refractivity contribution in [1.82, 2.24) is 5.32 Å².